The molecule has 5 nitrogen and oxygen atoms in total. The van der Waals surface area contributed by atoms with E-state index in [1.54, 1.807) is 12.1 Å². The number of aldehydes is 1. The maximum absolute atomic E-state index is 10.2. The molecule has 0 bridgehead atoms. The van der Waals surface area contributed by atoms with Gasteiger partial charge < -0.3 is 20.0 Å². The van der Waals surface area contributed by atoms with Crippen molar-refractivity contribution >= 4 is 12.3 Å². The minimum Gasteiger partial charge on any atom is -0.482 e. The quantitative estimate of drug-likeness (QED) is 0.767. The van der Waals surface area contributed by atoms with Crippen LogP contribution < -0.4 is 10.1 Å². The van der Waals surface area contributed by atoms with E-state index in [0.717, 1.165) is 18.4 Å². The van der Waals surface area contributed by atoms with Gasteiger partial charge in [0, 0.05) is 12.5 Å². The van der Waals surface area contributed by atoms with Crippen molar-refractivity contribution in [2.45, 2.75) is 20.4 Å². The monoisotopic (exact) mass is 267 g/mol. The van der Waals surface area contributed by atoms with Crippen LogP contribution in [0.1, 0.15) is 19.4 Å². The lowest BCUT2D eigenvalue weighted by atomic mass is 10.2. The fourth-order valence-corrected chi connectivity index (χ4v) is 1.05. The molecule has 19 heavy (non-hydrogen) atoms. The van der Waals surface area contributed by atoms with Crippen molar-refractivity contribution in [1.29, 1.82) is 0 Å². The van der Waals surface area contributed by atoms with E-state index in [1.807, 2.05) is 33.0 Å². The van der Waals surface area contributed by atoms with Gasteiger partial charge in [-0.25, -0.2) is 4.79 Å². The van der Waals surface area contributed by atoms with E-state index in [4.69, 9.17) is 9.84 Å². The van der Waals surface area contributed by atoms with E-state index in [2.05, 4.69) is 5.32 Å². The van der Waals surface area contributed by atoms with Crippen LogP contribution in [0.2, 0.25) is 0 Å². The van der Waals surface area contributed by atoms with Crippen LogP contribution in [-0.4, -0.2) is 31.0 Å². The molecule has 0 aliphatic rings. The van der Waals surface area contributed by atoms with Crippen molar-refractivity contribution in [3.05, 3.63) is 29.8 Å². The molecule has 0 spiro atoms. The number of aliphatic carboxylic acids is 1. The molecule has 1 rings (SSSR count). The van der Waals surface area contributed by atoms with Gasteiger partial charge in [-0.05, 0) is 24.7 Å². The number of hydrogen-bond acceptors (Lipinski definition) is 4. The van der Waals surface area contributed by atoms with E-state index in [1.165, 1.54) is 0 Å². The molecular formula is C14H21NO4. The van der Waals surface area contributed by atoms with Crippen LogP contribution in [0.4, 0.5) is 0 Å². The third-order valence-electron chi connectivity index (χ3n) is 1.94. The van der Waals surface area contributed by atoms with Crippen molar-refractivity contribution in [2.75, 3.05) is 13.7 Å². The van der Waals surface area contributed by atoms with Crippen molar-refractivity contribution in [3.8, 4) is 5.75 Å². The minimum absolute atomic E-state index is 0.204. The summed E-state index contributed by atoms with van der Waals surface area (Å²) in [7, 11) is 1.87. The zero-order chi connectivity index (χ0) is 14.7. The van der Waals surface area contributed by atoms with Crippen LogP contribution in [0.3, 0.4) is 0 Å². The second kappa shape index (κ2) is 10.1. The highest BCUT2D eigenvalue weighted by Gasteiger charge is 1.98. The fourth-order valence-electron chi connectivity index (χ4n) is 1.05. The molecule has 1 aromatic carbocycles. The maximum atomic E-state index is 10.2. The molecule has 5 heteroatoms. The van der Waals surface area contributed by atoms with Crippen LogP contribution in [-0.2, 0) is 16.1 Å². The summed E-state index contributed by atoms with van der Waals surface area (Å²) in [4.78, 5) is 19.7. The summed E-state index contributed by atoms with van der Waals surface area (Å²) in [6.45, 7) is 4.20. The Labute approximate surface area is 113 Å². The normalized spacial score (nSPS) is 9.47. The summed E-state index contributed by atoms with van der Waals surface area (Å²) in [6.07, 6.45) is 0.917. The Morgan fingerprint density at radius 3 is 2.26 bits per heavy atom. The molecule has 0 heterocycles. The number of hydrogen-bond donors (Lipinski definition) is 2. The molecule has 1 aromatic rings. The number of carboxylic acids is 1. The first-order valence-corrected chi connectivity index (χ1v) is 6.03. The highest BCUT2D eigenvalue weighted by atomic mass is 16.5. The lowest BCUT2D eigenvalue weighted by Gasteiger charge is -2.04. The molecule has 0 aliphatic heterocycles. The zero-order valence-electron chi connectivity index (χ0n) is 11.6. The molecule has 0 saturated carbocycles. The topological polar surface area (TPSA) is 75.6 Å². The Kier molecular flexibility index (Phi) is 9.08. The molecular weight excluding hydrogens is 246 g/mol. The van der Waals surface area contributed by atoms with Gasteiger partial charge in [0.25, 0.3) is 0 Å². The van der Waals surface area contributed by atoms with Crippen LogP contribution in [0.5, 0.6) is 5.75 Å². The number of nitrogens with one attached hydrogen (secondary N) is 1. The van der Waals surface area contributed by atoms with E-state index in [-0.39, 0.29) is 12.5 Å². The number of carboxylic acid groups (broad SMARTS) is 1. The summed E-state index contributed by atoms with van der Waals surface area (Å²) in [5.74, 6) is -0.188. The van der Waals surface area contributed by atoms with Gasteiger partial charge in [0.15, 0.2) is 6.61 Å². The predicted molar refractivity (Wildman–Crippen MR) is 73.2 cm³/mol. The Hall–Kier alpha value is -1.88. The second-order valence-corrected chi connectivity index (χ2v) is 4.24. The SMILES string of the molecule is CC(C)C=O.CNCc1ccc(OCC(=O)O)cc1. The van der Waals surface area contributed by atoms with E-state index in [9.17, 15) is 9.59 Å². The summed E-state index contributed by atoms with van der Waals surface area (Å²) >= 11 is 0. The van der Waals surface area contributed by atoms with E-state index >= 15 is 0 Å². The first-order chi connectivity index (χ1) is 8.99. The van der Waals surface area contributed by atoms with Crippen molar-refractivity contribution in [3.63, 3.8) is 0 Å². The summed E-state index contributed by atoms with van der Waals surface area (Å²) in [5, 5.41) is 11.4. The van der Waals surface area contributed by atoms with Gasteiger partial charge in [-0.2, -0.15) is 0 Å². The molecule has 106 valence electrons. The minimum atomic E-state index is -0.968. The molecule has 0 aliphatic carbocycles. The molecule has 0 radical (unpaired) electrons. The first kappa shape index (κ1) is 17.1. The number of benzene rings is 1. The highest BCUT2D eigenvalue weighted by molar-refractivity contribution is 5.68. The Morgan fingerprint density at radius 2 is 1.89 bits per heavy atom. The molecule has 0 unspecified atom stereocenters. The predicted octanol–water partition coefficient (Wildman–Crippen LogP) is 1.71. The summed E-state index contributed by atoms with van der Waals surface area (Å²) in [5.41, 5.74) is 1.13. The van der Waals surface area contributed by atoms with Crippen LogP contribution in [0, 0.1) is 5.92 Å². The summed E-state index contributed by atoms with van der Waals surface area (Å²) in [6, 6.07) is 7.31. The molecule has 0 aromatic heterocycles. The number of carbonyl (C=O) groups excluding carboxylic acids is 1. The lowest BCUT2D eigenvalue weighted by Crippen LogP contribution is -2.09. The van der Waals surface area contributed by atoms with Gasteiger partial charge in [0.2, 0.25) is 0 Å². The van der Waals surface area contributed by atoms with E-state index < -0.39 is 5.97 Å². The Morgan fingerprint density at radius 1 is 1.37 bits per heavy atom. The van der Waals surface area contributed by atoms with Gasteiger partial charge >= 0.3 is 5.97 Å². The zero-order valence-corrected chi connectivity index (χ0v) is 11.6. The van der Waals surface area contributed by atoms with Crippen molar-refractivity contribution < 1.29 is 19.4 Å². The molecule has 0 fully saturated rings. The second-order valence-electron chi connectivity index (χ2n) is 4.24. The van der Waals surface area contributed by atoms with Gasteiger partial charge in [-0.3, -0.25) is 0 Å². The Bertz CT molecular complexity index is 374. The average molecular weight is 267 g/mol. The number of ether oxygens (including phenoxy) is 1. The van der Waals surface area contributed by atoms with Crippen LogP contribution >= 0.6 is 0 Å². The standard InChI is InChI=1S/C10H13NO3.C4H8O/c1-11-6-8-2-4-9(5-3-8)14-7-10(12)13;1-4(2)3-5/h2-5,11H,6-7H2,1H3,(H,12,13);3-4H,1-2H3. The third-order valence-corrected chi connectivity index (χ3v) is 1.94. The van der Waals surface area contributed by atoms with Crippen molar-refractivity contribution in [2.24, 2.45) is 5.92 Å². The fraction of sp³-hybridized carbons (Fsp3) is 0.429. The average Bonchev–Trinajstić information content (AvgIpc) is 2.39. The van der Waals surface area contributed by atoms with Gasteiger partial charge in [0.05, 0.1) is 0 Å². The molecule has 0 amide bonds. The van der Waals surface area contributed by atoms with Gasteiger partial charge in [-0.15, -0.1) is 0 Å². The highest BCUT2D eigenvalue weighted by Crippen LogP contribution is 2.11. The smallest absolute Gasteiger partial charge is 0.341 e. The van der Waals surface area contributed by atoms with E-state index in [0.29, 0.717) is 5.75 Å². The van der Waals surface area contributed by atoms with Crippen LogP contribution in [0.15, 0.2) is 24.3 Å². The van der Waals surface area contributed by atoms with Gasteiger partial charge in [-0.1, -0.05) is 26.0 Å². The Balaban J connectivity index is 0.000000555. The lowest BCUT2D eigenvalue weighted by molar-refractivity contribution is -0.139. The number of rotatable bonds is 6. The molecule has 0 saturated heterocycles. The van der Waals surface area contributed by atoms with Crippen molar-refractivity contribution in [1.82, 2.24) is 5.32 Å². The van der Waals surface area contributed by atoms with Crippen LogP contribution in [0.25, 0.3) is 0 Å². The first-order valence-electron chi connectivity index (χ1n) is 6.03. The van der Waals surface area contributed by atoms with Gasteiger partial charge in [0.1, 0.15) is 12.0 Å². The number of carbonyl (C=O) groups is 2. The maximum Gasteiger partial charge on any atom is 0.341 e. The molecule has 2 N–H and O–H groups in total. The summed E-state index contributed by atoms with van der Waals surface area (Å²) < 4.78 is 4.98. The molecule has 0 atom stereocenters. The third kappa shape index (κ3) is 9.79. The largest absolute Gasteiger partial charge is 0.482 e.